The number of hydrogen-bond donors (Lipinski definition) is 0. The molecule has 0 fully saturated rings. The number of imidazole rings is 1. The summed E-state index contributed by atoms with van der Waals surface area (Å²) in [5, 5.41) is 0. The van der Waals surface area contributed by atoms with Crippen LogP contribution in [0.5, 0.6) is 11.5 Å². The van der Waals surface area contributed by atoms with Crippen molar-refractivity contribution < 1.29 is 9.30 Å². The van der Waals surface area contributed by atoms with Crippen molar-refractivity contribution in [1.29, 1.82) is 0 Å². The fourth-order valence-corrected chi connectivity index (χ4v) is 3.87. The van der Waals surface area contributed by atoms with Crippen LogP contribution in [0.2, 0.25) is 0 Å². The summed E-state index contributed by atoms with van der Waals surface area (Å²) in [6, 6.07) is 21.2. The number of benzene rings is 3. The van der Waals surface area contributed by atoms with E-state index >= 15 is 0 Å². The summed E-state index contributed by atoms with van der Waals surface area (Å²) in [7, 11) is 0. The second kappa shape index (κ2) is 6.23. The maximum Gasteiger partial charge on any atom is 0.270 e. The summed E-state index contributed by atoms with van der Waals surface area (Å²) in [6.07, 6.45) is 3.59. The molecular weight excluding hydrogens is 344 g/mol. The van der Waals surface area contributed by atoms with Crippen LogP contribution in [-0.4, -0.2) is 4.57 Å². The van der Waals surface area contributed by atoms with Gasteiger partial charge in [-0.3, -0.25) is 9.13 Å². The lowest BCUT2D eigenvalue weighted by atomic mass is 9.95. The van der Waals surface area contributed by atoms with Gasteiger partial charge in [0.2, 0.25) is 0 Å². The van der Waals surface area contributed by atoms with Crippen molar-refractivity contribution in [3.63, 3.8) is 0 Å². The Morgan fingerprint density at radius 1 is 0.821 bits per heavy atom. The molecule has 1 aromatic heterocycles. The first-order chi connectivity index (χ1) is 13.5. The maximum atomic E-state index is 6.17. The van der Waals surface area contributed by atoms with E-state index in [2.05, 4.69) is 79.6 Å². The average Bonchev–Trinajstić information content (AvgIpc) is 3.09. The molecule has 0 amide bonds. The van der Waals surface area contributed by atoms with Gasteiger partial charge in [-0.25, -0.2) is 0 Å². The third kappa shape index (κ3) is 2.54. The minimum absolute atomic E-state index is 0.474. The second-order valence-electron chi connectivity index (χ2n) is 8.13. The first kappa shape index (κ1) is 17.1. The van der Waals surface area contributed by atoms with Crippen LogP contribution in [0.4, 0.5) is 0 Å². The quantitative estimate of drug-likeness (QED) is 0.280. The number of aromatic nitrogens is 2. The highest BCUT2D eigenvalue weighted by molar-refractivity contribution is 5.82. The zero-order valence-corrected chi connectivity index (χ0v) is 16.7. The molecule has 0 N–H and O–H groups in total. The highest BCUT2D eigenvalue weighted by Gasteiger charge is 2.23. The average molecular weight is 368 g/mol. The Labute approximate surface area is 165 Å². The van der Waals surface area contributed by atoms with Crippen LogP contribution < -0.4 is 9.30 Å². The van der Waals surface area contributed by atoms with Crippen LogP contribution in [0.3, 0.4) is 0 Å². The van der Waals surface area contributed by atoms with E-state index in [0.29, 0.717) is 11.8 Å². The monoisotopic (exact) mass is 368 g/mol. The molecule has 140 valence electrons. The number of ether oxygens (including phenoxy) is 1. The lowest BCUT2D eigenvalue weighted by Crippen LogP contribution is -2.32. The Morgan fingerprint density at radius 2 is 1.50 bits per heavy atom. The lowest BCUT2D eigenvalue weighted by Gasteiger charge is -2.18. The van der Waals surface area contributed by atoms with Crippen molar-refractivity contribution >= 4 is 11.0 Å². The summed E-state index contributed by atoms with van der Waals surface area (Å²) in [5.74, 6) is 2.68. The number of para-hydroxylation sites is 3. The van der Waals surface area contributed by atoms with Crippen molar-refractivity contribution in [2.24, 2.45) is 0 Å². The molecule has 0 aliphatic carbocycles. The topological polar surface area (TPSA) is 18.0 Å². The molecule has 0 spiro atoms. The molecule has 0 unspecified atom stereocenters. The fraction of sp³-hybridized carbons (Fsp3) is 0.240. The van der Waals surface area contributed by atoms with Crippen molar-refractivity contribution in [3.05, 3.63) is 78.1 Å². The number of fused-ring (bicyclic) bond motifs is 2. The minimum atomic E-state index is 0.474. The Morgan fingerprint density at radius 3 is 2.21 bits per heavy atom. The molecule has 3 aromatic carbocycles. The molecule has 0 bridgehead atoms. The Hall–Kier alpha value is -3.07. The van der Waals surface area contributed by atoms with Gasteiger partial charge in [0.1, 0.15) is 22.7 Å². The number of rotatable bonds is 3. The zero-order valence-electron chi connectivity index (χ0n) is 16.7. The van der Waals surface area contributed by atoms with Crippen molar-refractivity contribution in [3.8, 4) is 22.9 Å². The van der Waals surface area contributed by atoms with E-state index in [0.717, 1.165) is 33.9 Å². The Bertz CT molecular complexity index is 1170. The van der Waals surface area contributed by atoms with E-state index < -0.39 is 0 Å². The molecule has 0 radical (unpaired) electrons. The summed E-state index contributed by atoms with van der Waals surface area (Å²) in [6.45, 7) is 8.99. The van der Waals surface area contributed by atoms with Gasteiger partial charge in [0.25, 0.3) is 6.33 Å². The van der Waals surface area contributed by atoms with Crippen LogP contribution in [0.15, 0.2) is 60.7 Å². The molecule has 2 heterocycles. The highest BCUT2D eigenvalue weighted by atomic mass is 16.5. The van der Waals surface area contributed by atoms with Crippen molar-refractivity contribution in [2.75, 3.05) is 0 Å². The third-order valence-electron chi connectivity index (χ3n) is 5.52. The first-order valence-electron chi connectivity index (χ1n) is 9.94. The SMILES string of the molecule is CC(C)c1cc(C(C)C)cc(-n2[c-][n+]3c4c(cccc42)Oc2ccccc2-3)c1. The molecule has 3 heteroatoms. The van der Waals surface area contributed by atoms with Gasteiger partial charge in [-0.1, -0.05) is 58.0 Å². The molecule has 1 aliphatic rings. The van der Waals surface area contributed by atoms with Crippen LogP contribution in [-0.2, 0) is 0 Å². The third-order valence-corrected chi connectivity index (χ3v) is 5.52. The van der Waals surface area contributed by atoms with Gasteiger partial charge in [-0.05, 0) is 53.3 Å². The summed E-state index contributed by atoms with van der Waals surface area (Å²) < 4.78 is 10.5. The molecule has 5 rings (SSSR count). The Balaban J connectivity index is 1.81. The predicted octanol–water partition coefficient (Wildman–Crippen LogP) is 6.06. The van der Waals surface area contributed by atoms with Crippen LogP contribution >= 0.6 is 0 Å². The van der Waals surface area contributed by atoms with Crippen molar-refractivity contribution in [2.45, 2.75) is 39.5 Å². The first-order valence-corrected chi connectivity index (χ1v) is 9.94. The van der Waals surface area contributed by atoms with E-state index in [-0.39, 0.29) is 0 Å². The second-order valence-corrected chi connectivity index (χ2v) is 8.13. The number of nitrogens with zero attached hydrogens (tertiary/aromatic N) is 2. The highest BCUT2D eigenvalue weighted by Crippen LogP contribution is 2.37. The smallest absolute Gasteiger partial charge is 0.270 e. The van der Waals surface area contributed by atoms with E-state index in [9.17, 15) is 0 Å². The lowest BCUT2D eigenvalue weighted by molar-refractivity contribution is -0.575. The van der Waals surface area contributed by atoms with Gasteiger partial charge in [0, 0.05) is 0 Å². The van der Waals surface area contributed by atoms with Gasteiger partial charge >= 0.3 is 0 Å². The van der Waals surface area contributed by atoms with Gasteiger partial charge < -0.3 is 4.74 Å². The predicted molar refractivity (Wildman–Crippen MR) is 112 cm³/mol. The Kier molecular flexibility index (Phi) is 3.80. The minimum Gasteiger partial charge on any atom is -0.465 e. The molecule has 4 aromatic rings. The van der Waals surface area contributed by atoms with Crippen molar-refractivity contribution in [1.82, 2.24) is 4.57 Å². The fourth-order valence-electron chi connectivity index (χ4n) is 3.87. The van der Waals surface area contributed by atoms with Crippen LogP contribution in [0, 0.1) is 6.33 Å². The maximum absolute atomic E-state index is 6.17. The largest absolute Gasteiger partial charge is 0.465 e. The zero-order chi connectivity index (χ0) is 19.4. The summed E-state index contributed by atoms with van der Waals surface area (Å²) in [4.78, 5) is 0. The van der Waals surface area contributed by atoms with Gasteiger partial charge in [0.05, 0.1) is 11.2 Å². The molecule has 1 aliphatic heterocycles. The molecule has 0 saturated carbocycles. The van der Waals surface area contributed by atoms with E-state index in [1.807, 2.05) is 24.3 Å². The van der Waals surface area contributed by atoms with Crippen LogP contribution in [0.25, 0.3) is 22.4 Å². The van der Waals surface area contributed by atoms with Crippen LogP contribution in [0.1, 0.15) is 50.7 Å². The van der Waals surface area contributed by atoms with E-state index in [4.69, 9.17) is 4.74 Å². The standard InChI is InChI=1S/C25H24N2O/c1-16(2)18-12-19(17(3)4)14-20(13-18)26-15-27-21-8-5-6-10-23(21)28-24-11-7-9-22(26)25(24)27/h5-14,16-17H,1-4H3. The van der Waals surface area contributed by atoms with Gasteiger partial charge in [-0.15, -0.1) is 0 Å². The molecule has 28 heavy (non-hydrogen) atoms. The van der Waals surface area contributed by atoms with Gasteiger partial charge in [0.15, 0.2) is 0 Å². The number of hydrogen-bond acceptors (Lipinski definition) is 1. The van der Waals surface area contributed by atoms with Gasteiger partial charge in [-0.2, -0.15) is 0 Å². The summed E-state index contributed by atoms with van der Waals surface area (Å²) >= 11 is 0. The molecule has 0 saturated heterocycles. The molecule has 0 atom stereocenters. The molecule has 3 nitrogen and oxygen atoms in total. The normalized spacial score (nSPS) is 12.5. The summed E-state index contributed by atoms with van der Waals surface area (Å²) in [5.41, 5.74) is 7.03. The van der Waals surface area contributed by atoms with E-state index in [1.54, 1.807) is 0 Å². The van der Waals surface area contributed by atoms with E-state index in [1.165, 1.54) is 11.1 Å². The molecular formula is C25H24N2O.